The molecule has 0 N–H and O–H groups in total. The third-order valence-corrected chi connectivity index (χ3v) is 4.84. The van der Waals surface area contributed by atoms with Crippen LogP contribution in [0.4, 0.5) is 5.69 Å². The van der Waals surface area contributed by atoms with Gasteiger partial charge in [-0.1, -0.05) is 24.3 Å². The molecule has 0 unspecified atom stereocenters. The number of pyridine rings is 1. The second kappa shape index (κ2) is 6.06. The van der Waals surface area contributed by atoms with E-state index in [-0.39, 0.29) is 0 Å². The van der Waals surface area contributed by atoms with Gasteiger partial charge in [0.15, 0.2) is 5.58 Å². The Labute approximate surface area is 156 Å². The molecule has 2 aromatic heterocycles. The van der Waals surface area contributed by atoms with Crippen molar-refractivity contribution in [2.75, 3.05) is 7.11 Å². The van der Waals surface area contributed by atoms with Gasteiger partial charge in [0.1, 0.15) is 17.0 Å². The lowest BCUT2D eigenvalue weighted by Crippen LogP contribution is -2.00. The molecule has 0 amide bonds. The van der Waals surface area contributed by atoms with Crippen LogP contribution in [0.25, 0.3) is 22.2 Å². The van der Waals surface area contributed by atoms with Gasteiger partial charge in [0, 0.05) is 18.2 Å². The first kappa shape index (κ1) is 15.8. The fraction of sp³-hybridized carbons (Fsp3) is 0.136. The van der Waals surface area contributed by atoms with Crippen molar-refractivity contribution >= 4 is 22.5 Å². The number of benzene rings is 2. The van der Waals surface area contributed by atoms with Crippen LogP contribution in [0.15, 0.2) is 64.3 Å². The summed E-state index contributed by atoms with van der Waals surface area (Å²) in [7, 11) is 1.63. The van der Waals surface area contributed by atoms with Crippen molar-refractivity contribution in [2.24, 2.45) is 4.99 Å². The molecule has 0 saturated carbocycles. The number of rotatable bonds is 3. The number of hydrogen-bond donors (Lipinski definition) is 0. The number of hydrogen-bond acceptors (Lipinski definition) is 5. The second-order valence-corrected chi connectivity index (χ2v) is 6.63. The summed E-state index contributed by atoms with van der Waals surface area (Å²) in [5.41, 5.74) is 7.83. The van der Waals surface area contributed by atoms with E-state index in [9.17, 15) is 0 Å². The summed E-state index contributed by atoms with van der Waals surface area (Å²) >= 11 is 0. The van der Waals surface area contributed by atoms with Gasteiger partial charge in [0.2, 0.25) is 5.89 Å². The van der Waals surface area contributed by atoms with Crippen LogP contribution >= 0.6 is 0 Å². The van der Waals surface area contributed by atoms with E-state index in [2.05, 4.69) is 35.1 Å². The van der Waals surface area contributed by atoms with Gasteiger partial charge in [-0.15, -0.1) is 0 Å². The Morgan fingerprint density at radius 1 is 1.04 bits per heavy atom. The van der Waals surface area contributed by atoms with Gasteiger partial charge in [0.05, 0.1) is 19.0 Å². The zero-order valence-electron chi connectivity index (χ0n) is 15.1. The van der Waals surface area contributed by atoms with Crippen LogP contribution in [-0.2, 0) is 6.42 Å². The SMILES string of the molecule is COc1cncc(-c2ccc3nc(C4=Nc5c(C)cccc5C4)oc3c2)c1. The highest BCUT2D eigenvalue weighted by Crippen LogP contribution is 2.33. The number of para-hydroxylation sites is 1. The monoisotopic (exact) mass is 355 g/mol. The van der Waals surface area contributed by atoms with E-state index >= 15 is 0 Å². The fourth-order valence-electron chi connectivity index (χ4n) is 3.42. The zero-order valence-corrected chi connectivity index (χ0v) is 15.1. The number of ether oxygens (including phenoxy) is 1. The Kier molecular flexibility index (Phi) is 3.53. The first-order valence-corrected chi connectivity index (χ1v) is 8.78. The molecule has 0 spiro atoms. The van der Waals surface area contributed by atoms with Crippen LogP contribution in [0.1, 0.15) is 17.0 Å². The van der Waals surface area contributed by atoms with Crippen LogP contribution in [0.5, 0.6) is 5.75 Å². The summed E-state index contributed by atoms with van der Waals surface area (Å²) < 4.78 is 11.3. The highest BCUT2D eigenvalue weighted by Gasteiger charge is 2.21. The molecule has 0 bridgehead atoms. The maximum Gasteiger partial charge on any atom is 0.242 e. The molecule has 0 saturated heterocycles. The molecule has 1 aliphatic heterocycles. The number of aliphatic imine (C=N–C) groups is 1. The number of aryl methyl sites for hydroxylation is 1. The van der Waals surface area contributed by atoms with E-state index in [1.165, 1.54) is 11.1 Å². The van der Waals surface area contributed by atoms with Gasteiger partial charge in [-0.25, -0.2) is 9.98 Å². The minimum absolute atomic E-state index is 0.585. The van der Waals surface area contributed by atoms with Crippen LogP contribution in [0, 0.1) is 6.92 Å². The van der Waals surface area contributed by atoms with E-state index in [0.717, 1.165) is 45.8 Å². The fourth-order valence-corrected chi connectivity index (χ4v) is 3.42. The second-order valence-electron chi connectivity index (χ2n) is 6.63. The van der Waals surface area contributed by atoms with E-state index in [1.807, 2.05) is 24.3 Å². The number of aromatic nitrogens is 2. The Morgan fingerprint density at radius 2 is 1.96 bits per heavy atom. The van der Waals surface area contributed by atoms with Crippen LogP contribution in [0.3, 0.4) is 0 Å². The van der Waals surface area contributed by atoms with Gasteiger partial charge in [-0.05, 0) is 41.8 Å². The van der Waals surface area contributed by atoms with Crippen molar-refractivity contribution in [3.05, 3.63) is 71.9 Å². The summed E-state index contributed by atoms with van der Waals surface area (Å²) in [6, 6.07) is 14.2. The quantitative estimate of drug-likeness (QED) is 0.525. The van der Waals surface area contributed by atoms with Crippen molar-refractivity contribution in [3.63, 3.8) is 0 Å². The van der Waals surface area contributed by atoms with Gasteiger partial charge < -0.3 is 9.15 Å². The molecule has 27 heavy (non-hydrogen) atoms. The number of methoxy groups -OCH3 is 1. The van der Waals surface area contributed by atoms with Gasteiger partial charge >= 0.3 is 0 Å². The van der Waals surface area contributed by atoms with Crippen LogP contribution in [-0.4, -0.2) is 22.8 Å². The number of oxazole rings is 1. The molecule has 2 aromatic carbocycles. The molecule has 3 heterocycles. The molecule has 0 fully saturated rings. The third-order valence-electron chi connectivity index (χ3n) is 4.84. The molecule has 5 rings (SSSR count). The smallest absolute Gasteiger partial charge is 0.242 e. The molecule has 4 aromatic rings. The lowest BCUT2D eigenvalue weighted by atomic mass is 10.1. The predicted octanol–water partition coefficient (Wildman–Crippen LogP) is 4.88. The molecule has 132 valence electrons. The van der Waals surface area contributed by atoms with Crippen molar-refractivity contribution in [2.45, 2.75) is 13.3 Å². The average molecular weight is 355 g/mol. The molecular formula is C22H17N3O2. The van der Waals surface area contributed by atoms with Crippen molar-refractivity contribution in [3.8, 4) is 16.9 Å². The molecule has 0 aliphatic carbocycles. The molecule has 1 aliphatic rings. The normalized spacial score (nSPS) is 12.9. The maximum absolute atomic E-state index is 6.05. The number of fused-ring (bicyclic) bond motifs is 2. The summed E-state index contributed by atoms with van der Waals surface area (Å²) in [5, 5.41) is 0. The highest BCUT2D eigenvalue weighted by atomic mass is 16.5. The first-order valence-electron chi connectivity index (χ1n) is 8.78. The molecule has 5 heteroatoms. The van der Waals surface area contributed by atoms with Crippen molar-refractivity contribution in [1.29, 1.82) is 0 Å². The first-order chi connectivity index (χ1) is 13.2. The van der Waals surface area contributed by atoms with Gasteiger partial charge in [-0.2, -0.15) is 0 Å². The zero-order chi connectivity index (χ0) is 18.4. The number of nitrogens with zero attached hydrogens (tertiary/aromatic N) is 3. The van der Waals surface area contributed by atoms with E-state index < -0.39 is 0 Å². The molecule has 0 atom stereocenters. The topological polar surface area (TPSA) is 60.5 Å². The lowest BCUT2D eigenvalue weighted by Gasteiger charge is -2.03. The summed E-state index contributed by atoms with van der Waals surface area (Å²) in [5.74, 6) is 1.31. The van der Waals surface area contributed by atoms with E-state index in [4.69, 9.17) is 14.1 Å². The van der Waals surface area contributed by atoms with E-state index in [1.54, 1.807) is 19.5 Å². The third kappa shape index (κ3) is 2.68. The molecule has 5 nitrogen and oxygen atoms in total. The lowest BCUT2D eigenvalue weighted by molar-refractivity contribution is 0.413. The van der Waals surface area contributed by atoms with Gasteiger partial charge in [-0.3, -0.25) is 4.98 Å². The summed E-state index contributed by atoms with van der Waals surface area (Å²) in [6.45, 7) is 2.08. The van der Waals surface area contributed by atoms with Crippen molar-refractivity contribution in [1.82, 2.24) is 9.97 Å². The Morgan fingerprint density at radius 3 is 2.81 bits per heavy atom. The minimum atomic E-state index is 0.585. The predicted molar refractivity (Wildman–Crippen MR) is 105 cm³/mol. The van der Waals surface area contributed by atoms with Crippen LogP contribution in [0.2, 0.25) is 0 Å². The summed E-state index contributed by atoms with van der Waals surface area (Å²) in [4.78, 5) is 13.6. The molecular weight excluding hydrogens is 338 g/mol. The molecule has 0 radical (unpaired) electrons. The average Bonchev–Trinajstić information content (AvgIpc) is 3.32. The maximum atomic E-state index is 6.05. The largest absolute Gasteiger partial charge is 0.495 e. The Hall–Kier alpha value is -3.47. The standard InChI is InChI=1S/C22H17N3O2/c1-13-4-3-5-15-9-19(24-21(13)15)22-25-18-7-6-14(10-20(18)27-22)16-8-17(26-2)12-23-11-16/h3-8,10-12H,9H2,1-2H3. The minimum Gasteiger partial charge on any atom is -0.495 e. The van der Waals surface area contributed by atoms with Gasteiger partial charge in [0.25, 0.3) is 0 Å². The highest BCUT2D eigenvalue weighted by molar-refractivity contribution is 6.05. The van der Waals surface area contributed by atoms with E-state index in [0.29, 0.717) is 5.89 Å². The van der Waals surface area contributed by atoms with Crippen molar-refractivity contribution < 1.29 is 9.15 Å². The Bertz CT molecular complexity index is 1210. The summed E-state index contributed by atoms with van der Waals surface area (Å²) in [6.07, 6.45) is 4.24. The Balaban J connectivity index is 1.54. The van der Waals surface area contributed by atoms with Crippen LogP contribution < -0.4 is 4.74 Å².